The van der Waals surface area contributed by atoms with Crippen LogP contribution in [0.25, 0.3) is 0 Å². The van der Waals surface area contributed by atoms with Gasteiger partial charge in [-0.25, -0.2) is 0 Å². The Morgan fingerprint density at radius 1 is 1.43 bits per heavy atom. The topological polar surface area (TPSA) is 76.7 Å². The lowest BCUT2D eigenvalue weighted by atomic mass is 9.72. The Balaban J connectivity index is 2.28. The molecule has 2 rings (SSSR count). The molecule has 5 heteroatoms. The van der Waals surface area contributed by atoms with Crippen LogP contribution in [-0.4, -0.2) is 5.91 Å². The zero-order chi connectivity index (χ0) is 15.6. The summed E-state index contributed by atoms with van der Waals surface area (Å²) in [6.45, 7) is 6.74. The van der Waals surface area contributed by atoms with Crippen molar-refractivity contribution in [3.05, 3.63) is 16.0 Å². The van der Waals surface area contributed by atoms with Crippen molar-refractivity contribution in [1.29, 1.82) is 10.5 Å². The van der Waals surface area contributed by atoms with Gasteiger partial charge in [-0.15, -0.1) is 11.3 Å². The van der Waals surface area contributed by atoms with E-state index in [0.29, 0.717) is 16.5 Å². The van der Waals surface area contributed by atoms with Gasteiger partial charge in [0.05, 0.1) is 11.6 Å². The van der Waals surface area contributed by atoms with Crippen LogP contribution in [0, 0.1) is 34.0 Å². The molecule has 0 aromatic carbocycles. The molecule has 0 saturated carbocycles. The molecule has 1 aromatic heterocycles. The van der Waals surface area contributed by atoms with Crippen molar-refractivity contribution >= 4 is 22.2 Å². The Hall–Kier alpha value is -1.85. The highest BCUT2D eigenvalue weighted by molar-refractivity contribution is 7.16. The lowest BCUT2D eigenvalue weighted by Gasteiger charge is -2.33. The molecule has 1 heterocycles. The summed E-state index contributed by atoms with van der Waals surface area (Å²) in [6, 6.07) is 4.04. The summed E-state index contributed by atoms with van der Waals surface area (Å²) >= 11 is 1.50. The number of nitriles is 2. The number of nitrogens with zero attached hydrogens (tertiary/aromatic N) is 2. The summed E-state index contributed by atoms with van der Waals surface area (Å²) in [4.78, 5) is 12.8. The van der Waals surface area contributed by atoms with E-state index in [4.69, 9.17) is 5.26 Å². The summed E-state index contributed by atoms with van der Waals surface area (Å²) in [6.07, 6.45) is 2.75. The molecule has 0 spiro atoms. The summed E-state index contributed by atoms with van der Waals surface area (Å²) < 4.78 is 0. The third kappa shape index (κ3) is 3.25. The number of anilines is 1. The second-order valence-electron chi connectivity index (χ2n) is 6.51. The van der Waals surface area contributed by atoms with E-state index in [1.807, 2.05) is 6.07 Å². The Morgan fingerprint density at radius 3 is 2.71 bits per heavy atom. The van der Waals surface area contributed by atoms with E-state index < -0.39 is 0 Å². The number of hydrogen-bond acceptors (Lipinski definition) is 4. The van der Waals surface area contributed by atoms with Gasteiger partial charge in [-0.2, -0.15) is 10.5 Å². The van der Waals surface area contributed by atoms with Gasteiger partial charge in [0.1, 0.15) is 17.5 Å². The second kappa shape index (κ2) is 5.87. The summed E-state index contributed by atoms with van der Waals surface area (Å²) in [5, 5.41) is 21.2. The molecule has 1 unspecified atom stereocenters. The van der Waals surface area contributed by atoms with Crippen molar-refractivity contribution in [3.63, 3.8) is 0 Å². The second-order valence-corrected chi connectivity index (χ2v) is 7.61. The minimum Gasteiger partial charge on any atom is -0.316 e. The van der Waals surface area contributed by atoms with Crippen molar-refractivity contribution < 1.29 is 4.79 Å². The molecule has 0 aliphatic heterocycles. The molecule has 0 saturated heterocycles. The third-order valence-electron chi connectivity index (χ3n) is 4.09. The highest BCUT2D eigenvalue weighted by atomic mass is 32.1. The molecule has 4 nitrogen and oxygen atoms in total. The van der Waals surface area contributed by atoms with Crippen molar-refractivity contribution in [2.45, 2.75) is 46.5 Å². The van der Waals surface area contributed by atoms with Gasteiger partial charge in [0.15, 0.2) is 0 Å². The van der Waals surface area contributed by atoms with Gasteiger partial charge >= 0.3 is 0 Å². The van der Waals surface area contributed by atoms with E-state index >= 15 is 0 Å². The number of fused-ring (bicyclic) bond motifs is 1. The van der Waals surface area contributed by atoms with Gasteiger partial charge in [0.2, 0.25) is 5.91 Å². The molecule has 1 amide bonds. The maximum Gasteiger partial charge on any atom is 0.239 e. The number of nitrogens with one attached hydrogen (secondary N) is 1. The lowest BCUT2D eigenvalue weighted by Crippen LogP contribution is -2.26. The molecule has 0 radical (unpaired) electrons. The minimum atomic E-state index is -0.347. The summed E-state index contributed by atoms with van der Waals surface area (Å²) in [5.74, 6) is 0.248. The van der Waals surface area contributed by atoms with E-state index in [-0.39, 0.29) is 17.7 Å². The molecule has 0 bridgehead atoms. The van der Waals surface area contributed by atoms with E-state index in [1.165, 1.54) is 16.2 Å². The predicted molar refractivity (Wildman–Crippen MR) is 82.9 cm³/mol. The van der Waals surface area contributed by atoms with E-state index in [9.17, 15) is 10.1 Å². The standard InChI is InChI=1S/C16H19N3OS/c1-16(2,3)10-4-5-11-12(9-18)15(21-13(11)8-10)19-14(20)6-7-17/h10H,4-6,8H2,1-3H3,(H,19,20). The van der Waals surface area contributed by atoms with Crippen LogP contribution in [0.1, 0.15) is 49.6 Å². The molecule has 1 aromatic rings. The van der Waals surface area contributed by atoms with Gasteiger partial charge in [-0.1, -0.05) is 20.8 Å². The number of hydrogen-bond donors (Lipinski definition) is 1. The average Bonchev–Trinajstić information content (AvgIpc) is 2.73. The van der Waals surface area contributed by atoms with Crippen molar-refractivity contribution in [2.75, 3.05) is 5.32 Å². The molecule has 1 aliphatic carbocycles. The summed E-state index contributed by atoms with van der Waals surface area (Å²) in [5.41, 5.74) is 1.93. The van der Waals surface area contributed by atoms with Crippen LogP contribution < -0.4 is 5.32 Å². The monoisotopic (exact) mass is 301 g/mol. The first-order chi connectivity index (χ1) is 9.86. The number of carbonyl (C=O) groups excluding carboxylic acids is 1. The van der Waals surface area contributed by atoms with Crippen LogP contribution >= 0.6 is 11.3 Å². The first-order valence-corrected chi connectivity index (χ1v) is 7.90. The molecule has 1 aliphatic rings. The van der Waals surface area contributed by atoms with Crippen LogP contribution in [-0.2, 0) is 17.6 Å². The van der Waals surface area contributed by atoms with Crippen LogP contribution in [0.5, 0.6) is 0 Å². The Kier molecular flexibility index (Phi) is 4.34. The largest absolute Gasteiger partial charge is 0.316 e. The zero-order valence-corrected chi connectivity index (χ0v) is 13.4. The van der Waals surface area contributed by atoms with Gasteiger partial charge in [-0.05, 0) is 36.2 Å². The number of thiophene rings is 1. The van der Waals surface area contributed by atoms with E-state index in [1.54, 1.807) is 0 Å². The fraction of sp³-hybridized carbons (Fsp3) is 0.562. The predicted octanol–water partition coefficient (Wildman–Crippen LogP) is 3.62. The molecular formula is C16H19N3OS. The van der Waals surface area contributed by atoms with Crippen molar-refractivity contribution in [1.82, 2.24) is 0 Å². The SMILES string of the molecule is CC(C)(C)C1CCc2c(sc(NC(=O)CC#N)c2C#N)C1. The van der Waals surface area contributed by atoms with E-state index in [0.717, 1.165) is 24.8 Å². The first kappa shape index (κ1) is 15.5. The van der Waals surface area contributed by atoms with Crippen LogP contribution in [0.4, 0.5) is 5.00 Å². The fourth-order valence-electron chi connectivity index (χ4n) is 2.77. The van der Waals surface area contributed by atoms with Crippen LogP contribution in [0.3, 0.4) is 0 Å². The van der Waals surface area contributed by atoms with Gasteiger partial charge < -0.3 is 5.32 Å². The average molecular weight is 301 g/mol. The zero-order valence-electron chi connectivity index (χ0n) is 12.6. The molecule has 0 fully saturated rings. The Bertz CT molecular complexity index is 640. The van der Waals surface area contributed by atoms with Gasteiger partial charge in [-0.3, -0.25) is 4.79 Å². The molecule has 1 N–H and O–H groups in total. The normalized spacial score (nSPS) is 17.5. The van der Waals surface area contributed by atoms with Crippen molar-refractivity contribution in [2.24, 2.45) is 11.3 Å². The Morgan fingerprint density at radius 2 is 2.14 bits per heavy atom. The maximum absolute atomic E-state index is 11.6. The van der Waals surface area contributed by atoms with Gasteiger partial charge in [0.25, 0.3) is 0 Å². The van der Waals surface area contributed by atoms with Crippen molar-refractivity contribution in [3.8, 4) is 12.1 Å². The maximum atomic E-state index is 11.6. The van der Waals surface area contributed by atoms with Crippen LogP contribution in [0.15, 0.2) is 0 Å². The molecule has 21 heavy (non-hydrogen) atoms. The number of rotatable bonds is 2. The van der Waals surface area contributed by atoms with Gasteiger partial charge in [0, 0.05) is 4.88 Å². The molecule has 110 valence electrons. The van der Waals surface area contributed by atoms with E-state index in [2.05, 4.69) is 32.2 Å². The van der Waals surface area contributed by atoms with Crippen LogP contribution in [0.2, 0.25) is 0 Å². The highest BCUT2D eigenvalue weighted by Crippen LogP contribution is 2.43. The Labute approximate surface area is 129 Å². The smallest absolute Gasteiger partial charge is 0.239 e. The lowest BCUT2D eigenvalue weighted by molar-refractivity contribution is -0.115. The number of amides is 1. The highest BCUT2D eigenvalue weighted by Gasteiger charge is 2.32. The summed E-state index contributed by atoms with van der Waals surface area (Å²) in [7, 11) is 0. The number of carbonyl (C=O) groups is 1. The quantitative estimate of drug-likeness (QED) is 0.906. The minimum absolute atomic E-state index is 0.182. The molecule has 1 atom stereocenters. The fourth-order valence-corrected chi connectivity index (χ4v) is 4.07. The first-order valence-electron chi connectivity index (χ1n) is 7.08. The molecular weight excluding hydrogens is 282 g/mol. The third-order valence-corrected chi connectivity index (χ3v) is 5.26.